The molecule has 0 spiro atoms. The predicted octanol–water partition coefficient (Wildman–Crippen LogP) is -2.27. The molecule has 2 atom stereocenters. The number of aromatic amines is 1. The predicted molar refractivity (Wildman–Crippen MR) is 93.2 cm³/mol. The molecule has 0 aromatic carbocycles. The third-order valence-electron chi connectivity index (χ3n) is 3.33. The maximum Gasteiger partial charge on any atom is 0.356 e. The first-order valence-corrected chi connectivity index (χ1v) is 11.0. The second-order valence-electron chi connectivity index (χ2n) is 5.71. The van der Waals surface area contributed by atoms with Crippen molar-refractivity contribution in [1.29, 1.82) is 0 Å². The van der Waals surface area contributed by atoms with E-state index in [4.69, 9.17) is 34.8 Å². The largest absolute Gasteiger partial charge is 0.378 e. The van der Waals surface area contributed by atoms with E-state index in [0.29, 0.717) is 0 Å². The van der Waals surface area contributed by atoms with Crippen LogP contribution in [0.2, 0.25) is 0 Å². The maximum absolute atomic E-state index is 11.8. The summed E-state index contributed by atoms with van der Waals surface area (Å²) in [4.78, 5) is 57.4. The van der Waals surface area contributed by atoms with E-state index < -0.39 is 52.3 Å². The number of aromatic nitrogens is 4. The molecule has 17 heteroatoms. The number of H-pyrrole nitrogens is 1. The van der Waals surface area contributed by atoms with Gasteiger partial charge in [-0.2, -0.15) is 4.98 Å². The van der Waals surface area contributed by atoms with Gasteiger partial charge in [0.05, 0.1) is 32.2 Å². The zero-order valence-corrected chi connectivity index (χ0v) is 15.9. The van der Waals surface area contributed by atoms with Gasteiger partial charge in [0, 0.05) is 0 Å². The SMILES string of the molecule is Nc1nc2c(ncn2C[C@@H](COCP(=O)(O)O)OC[C@H](O)P(=O)(O)O)c(=O)[nH]1. The van der Waals surface area contributed by atoms with E-state index in [1.54, 1.807) is 0 Å². The molecule has 2 aromatic rings. The van der Waals surface area contributed by atoms with Gasteiger partial charge in [0.2, 0.25) is 5.95 Å². The molecule has 0 unspecified atom stereocenters. The van der Waals surface area contributed by atoms with Gasteiger partial charge in [0.1, 0.15) is 6.35 Å². The monoisotopic (exact) mass is 443 g/mol. The van der Waals surface area contributed by atoms with Crippen LogP contribution in [0.15, 0.2) is 11.1 Å². The van der Waals surface area contributed by atoms with E-state index in [1.807, 2.05) is 0 Å². The number of aliphatic hydroxyl groups excluding tert-OH is 1. The molecule has 0 radical (unpaired) electrons. The number of nitrogens with one attached hydrogen (secondary N) is 1. The van der Waals surface area contributed by atoms with Gasteiger partial charge in [-0.1, -0.05) is 0 Å². The highest BCUT2D eigenvalue weighted by Gasteiger charge is 2.28. The van der Waals surface area contributed by atoms with Crippen molar-refractivity contribution >= 4 is 32.3 Å². The molecule has 0 amide bonds. The molecule has 0 saturated heterocycles. The molecule has 28 heavy (non-hydrogen) atoms. The average molecular weight is 443 g/mol. The summed E-state index contributed by atoms with van der Waals surface area (Å²) in [6, 6.07) is 0. The van der Waals surface area contributed by atoms with Crippen LogP contribution >= 0.6 is 15.2 Å². The van der Waals surface area contributed by atoms with Crippen molar-refractivity contribution in [1.82, 2.24) is 19.5 Å². The van der Waals surface area contributed by atoms with Crippen molar-refractivity contribution in [3.8, 4) is 0 Å². The van der Waals surface area contributed by atoms with Crippen LogP contribution in [-0.4, -0.2) is 75.7 Å². The number of nitrogens with zero attached hydrogens (tertiary/aromatic N) is 3. The van der Waals surface area contributed by atoms with Crippen LogP contribution in [0.3, 0.4) is 0 Å². The normalized spacial score (nSPS) is 15.0. The molecule has 2 aromatic heterocycles. The van der Waals surface area contributed by atoms with Gasteiger partial charge in [0.25, 0.3) is 5.56 Å². The van der Waals surface area contributed by atoms with Crippen molar-refractivity contribution in [2.45, 2.75) is 18.5 Å². The van der Waals surface area contributed by atoms with Crippen LogP contribution in [0.5, 0.6) is 0 Å². The van der Waals surface area contributed by atoms with Gasteiger partial charge >= 0.3 is 15.2 Å². The number of hydrogen-bond donors (Lipinski definition) is 7. The Hall–Kier alpha value is -1.67. The van der Waals surface area contributed by atoms with E-state index in [0.717, 1.165) is 0 Å². The van der Waals surface area contributed by atoms with E-state index in [-0.39, 0.29) is 23.7 Å². The molecule has 0 aliphatic heterocycles. The number of rotatable bonds is 10. The lowest BCUT2D eigenvalue weighted by molar-refractivity contribution is -0.0388. The molecule has 0 bridgehead atoms. The topological polar surface area (TPSA) is 243 Å². The Labute approximate surface area is 156 Å². The standard InChI is InChI=1S/C11H19N5O10P2/c12-11-14-9-8(10(18)15-11)13-4-16(9)1-6(2-25-5-27(19,20)21)26-3-7(17)28(22,23)24/h4,6-7,17H,1-3,5H2,(H2,19,20,21)(H2,22,23,24)(H3,12,14,15,18)/t6-,7+/m0/s1. The Morgan fingerprint density at radius 2 is 1.93 bits per heavy atom. The van der Waals surface area contributed by atoms with Gasteiger partial charge in [-0.3, -0.25) is 18.9 Å². The molecule has 0 aliphatic rings. The maximum atomic E-state index is 11.8. The number of anilines is 1. The van der Waals surface area contributed by atoms with Crippen LogP contribution in [0.25, 0.3) is 11.2 Å². The molecular weight excluding hydrogens is 424 g/mol. The summed E-state index contributed by atoms with van der Waals surface area (Å²) >= 11 is 0. The van der Waals surface area contributed by atoms with E-state index in [9.17, 15) is 19.0 Å². The lowest BCUT2D eigenvalue weighted by Gasteiger charge is -2.21. The zero-order valence-electron chi connectivity index (χ0n) is 14.2. The van der Waals surface area contributed by atoms with Crippen LogP contribution in [0.1, 0.15) is 0 Å². The molecule has 2 heterocycles. The van der Waals surface area contributed by atoms with Gasteiger partial charge < -0.3 is 44.5 Å². The molecule has 0 aliphatic carbocycles. The lowest BCUT2D eigenvalue weighted by atomic mass is 10.3. The number of imidazole rings is 1. The van der Waals surface area contributed by atoms with Crippen LogP contribution in [0, 0.1) is 0 Å². The number of nitrogens with two attached hydrogens (primary N) is 1. The number of ether oxygens (including phenoxy) is 2. The number of nitrogen functional groups attached to an aromatic ring is 1. The highest BCUT2D eigenvalue weighted by molar-refractivity contribution is 7.52. The highest BCUT2D eigenvalue weighted by Crippen LogP contribution is 2.39. The van der Waals surface area contributed by atoms with Crippen molar-refractivity contribution < 1.29 is 43.3 Å². The van der Waals surface area contributed by atoms with Gasteiger partial charge in [-0.15, -0.1) is 0 Å². The van der Waals surface area contributed by atoms with E-state index >= 15 is 0 Å². The molecule has 0 fully saturated rings. The number of aliphatic hydroxyl groups is 1. The minimum absolute atomic E-state index is 0.0284. The molecule has 0 saturated carbocycles. The third kappa shape index (κ3) is 6.44. The fourth-order valence-corrected chi connectivity index (χ4v) is 2.72. The first kappa shape index (κ1) is 22.6. The molecular formula is C11H19N5O10P2. The van der Waals surface area contributed by atoms with Crippen LogP contribution in [-0.2, 0) is 25.1 Å². The fraction of sp³-hybridized carbons (Fsp3) is 0.545. The highest BCUT2D eigenvalue weighted by atomic mass is 31.2. The summed E-state index contributed by atoms with van der Waals surface area (Å²) in [5, 5.41) is 9.41. The summed E-state index contributed by atoms with van der Waals surface area (Å²) in [6.45, 7) is -1.32. The Kier molecular flexibility index (Phi) is 7.09. The quantitative estimate of drug-likeness (QED) is 0.192. The Morgan fingerprint density at radius 3 is 2.54 bits per heavy atom. The van der Waals surface area contributed by atoms with Crippen LogP contribution in [0.4, 0.5) is 5.95 Å². The summed E-state index contributed by atoms with van der Waals surface area (Å²) in [6.07, 6.45) is -0.721. The van der Waals surface area contributed by atoms with Gasteiger partial charge in [-0.25, -0.2) is 4.98 Å². The third-order valence-corrected chi connectivity index (χ3v) is 4.77. The number of hydrogen-bond acceptors (Lipinski definition) is 9. The summed E-state index contributed by atoms with van der Waals surface area (Å²) in [5.74, 6) is -2.28. The zero-order chi connectivity index (χ0) is 21.1. The molecule has 8 N–H and O–H groups in total. The second-order valence-corrected chi connectivity index (χ2v) is 9.07. The van der Waals surface area contributed by atoms with Crippen molar-refractivity contribution in [2.24, 2.45) is 0 Å². The lowest BCUT2D eigenvalue weighted by Crippen LogP contribution is -2.29. The van der Waals surface area contributed by atoms with Crippen molar-refractivity contribution in [2.75, 3.05) is 25.3 Å². The van der Waals surface area contributed by atoms with E-state index in [2.05, 4.69) is 15.0 Å². The Morgan fingerprint density at radius 1 is 1.25 bits per heavy atom. The number of fused-ring (bicyclic) bond motifs is 1. The Balaban J connectivity index is 2.17. The first-order chi connectivity index (χ1) is 12.9. The molecule has 158 valence electrons. The van der Waals surface area contributed by atoms with Gasteiger partial charge in [-0.05, 0) is 0 Å². The Bertz CT molecular complexity index is 964. The minimum atomic E-state index is -4.82. The summed E-state index contributed by atoms with van der Waals surface area (Å²) in [5.41, 5.74) is 4.95. The summed E-state index contributed by atoms with van der Waals surface area (Å²) in [7, 11) is -9.27. The van der Waals surface area contributed by atoms with E-state index in [1.165, 1.54) is 10.9 Å². The first-order valence-electron chi connectivity index (χ1n) is 7.54. The molecule has 15 nitrogen and oxygen atoms in total. The second kappa shape index (κ2) is 8.78. The smallest absolute Gasteiger partial charge is 0.356 e. The van der Waals surface area contributed by atoms with Crippen molar-refractivity contribution in [3.05, 3.63) is 16.7 Å². The minimum Gasteiger partial charge on any atom is -0.378 e. The fourth-order valence-electron chi connectivity index (χ4n) is 2.10. The van der Waals surface area contributed by atoms with Crippen molar-refractivity contribution in [3.63, 3.8) is 0 Å². The summed E-state index contributed by atoms with van der Waals surface area (Å²) < 4.78 is 33.3. The van der Waals surface area contributed by atoms with Gasteiger partial charge in [0.15, 0.2) is 17.0 Å². The average Bonchev–Trinajstić information content (AvgIpc) is 2.93. The molecule has 2 rings (SSSR count). The van der Waals surface area contributed by atoms with Crippen LogP contribution < -0.4 is 11.3 Å².